The predicted octanol–water partition coefficient (Wildman–Crippen LogP) is 2.06. The minimum atomic E-state index is -0.637. The van der Waals surface area contributed by atoms with E-state index in [1.165, 1.54) is 7.11 Å². The molecule has 0 aromatic heterocycles. The topological polar surface area (TPSA) is 55.4 Å². The third-order valence-electron chi connectivity index (χ3n) is 3.16. The summed E-state index contributed by atoms with van der Waals surface area (Å²) in [6.07, 6.45) is 0.239. The van der Waals surface area contributed by atoms with Gasteiger partial charge in [0.1, 0.15) is 6.04 Å². The number of fused-ring (bicyclic) bond motifs is 1. The van der Waals surface area contributed by atoms with Crippen molar-refractivity contribution in [3.8, 4) is 0 Å². The Bertz CT molecular complexity index is 631. The van der Waals surface area contributed by atoms with Gasteiger partial charge in [-0.15, -0.1) is 0 Å². The summed E-state index contributed by atoms with van der Waals surface area (Å²) in [6.45, 7) is 1.60. The minimum absolute atomic E-state index is 0.195. The van der Waals surface area contributed by atoms with Crippen LogP contribution in [0.25, 0.3) is 10.8 Å². The molecule has 2 aromatic carbocycles. The molecular formula is C16H17NO3. The number of ether oxygens (including phenoxy) is 1. The quantitative estimate of drug-likeness (QED) is 0.866. The number of carbonyl (C=O) groups excluding carboxylic acids is 2. The minimum Gasteiger partial charge on any atom is -0.467 e. The molecular weight excluding hydrogens is 254 g/mol. The van der Waals surface area contributed by atoms with Gasteiger partial charge in [-0.1, -0.05) is 42.5 Å². The highest BCUT2D eigenvalue weighted by atomic mass is 16.5. The number of hydrogen-bond donors (Lipinski definition) is 1. The van der Waals surface area contributed by atoms with Crippen molar-refractivity contribution in [3.63, 3.8) is 0 Å². The smallest absolute Gasteiger partial charge is 0.328 e. The summed E-state index contributed by atoms with van der Waals surface area (Å²) in [4.78, 5) is 23.2. The molecule has 1 unspecified atom stereocenters. The highest BCUT2D eigenvalue weighted by molar-refractivity contribution is 5.91. The first-order valence-corrected chi connectivity index (χ1v) is 6.45. The largest absolute Gasteiger partial charge is 0.467 e. The molecule has 0 saturated heterocycles. The van der Waals surface area contributed by atoms with Crippen LogP contribution < -0.4 is 5.32 Å². The van der Waals surface area contributed by atoms with Gasteiger partial charge >= 0.3 is 5.97 Å². The van der Waals surface area contributed by atoms with Gasteiger partial charge in [0.25, 0.3) is 0 Å². The summed E-state index contributed by atoms with van der Waals surface area (Å²) in [7, 11) is 1.30. The van der Waals surface area contributed by atoms with E-state index in [0.717, 1.165) is 16.3 Å². The predicted molar refractivity (Wildman–Crippen MR) is 77.3 cm³/mol. The lowest BCUT2D eigenvalue weighted by Gasteiger charge is -2.12. The van der Waals surface area contributed by atoms with Gasteiger partial charge in [-0.25, -0.2) is 4.79 Å². The molecule has 0 aliphatic rings. The van der Waals surface area contributed by atoms with Crippen LogP contribution in [0.15, 0.2) is 42.5 Å². The van der Waals surface area contributed by atoms with Crippen molar-refractivity contribution in [1.29, 1.82) is 0 Å². The molecule has 0 fully saturated rings. The third-order valence-corrected chi connectivity index (χ3v) is 3.16. The standard InChI is InChI=1S/C16H17NO3/c1-11(16(19)20-2)17-15(18)10-13-8-5-7-12-6-3-4-9-14(12)13/h3-9,11H,10H2,1-2H3,(H,17,18). The van der Waals surface area contributed by atoms with E-state index in [2.05, 4.69) is 10.1 Å². The fraction of sp³-hybridized carbons (Fsp3) is 0.250. The molecule has 2 rings (SSSR count). The lowest BCUT2D eigenvalue weighted by atomic mass is 10.0. The molecule has 1 amide bonds. The SMILES string of the molecule is COC(=O)C(C)NC(=O)Cc1cccc2ccccc12. The van der Waals surface area contributed by atoms with Crippen LogP contribution in [0.4, 0.5) is 0 Å². The summed E-state index contributed by atoms with van der Waals surface area (Å²) in [6, 6.07) is 13.1. The number of rotatable bonds is 4. The van der Waals surface area contributed by atoms with Crippen LogP contribution in [-0.2, 0) is 20.7 Å². The number of hydrogen-bond acceptors (Lipinski definition) is 3. The molecule has 4 nitrogen and oxygen atoms in total. The van der Waals surface area contributed by atoms with Crippen LogP contribution in [-0.4, -0.2) is 25.0 Å². The molecule has 1 N–H and O–H groups in total. The number of benzene rings is 2. The molecule has 2 aromatic rings. The Morgan fingerprint density at radius 3 is 2.60 bits per heavy atom. The zero-order valence-electron chi connectivity index (χ0n) is 11.6. The maximum Gasteiger partial charge on any atom is 0.328 e. The van der Waals surface area contributed by atoms with Crippen LogP contribution in [0.2, 0.25) is 0 Å². The second-order valence-corrected chi connectivity index (χ2v) is 4.63. The van der Waals surface area contributed by atoms with E-state index in [9.17, 15) is 9.59 Å². The first-order valence-electron chi connectivity index (χ1n) is 6.45. The van der Waals surface area contributed by atoms with Gasteiger partial charge in [-0.05, 0) is 23.3 Å². The summed E-state index contributed by atoms with van der Waals surface area (Å²) in [5.74, 6) is -0.643. The van der Waals surface area contributed by atoms with Gasteiger partial charge in [-0.3, -0.25) is 4.79 Å². The van der Waals surface area contributed by atoms with Crippen molar-refractivity contribution in [3.05, 3.63) is 48.0 Å². The van der Waals surface area contributed by atoms with E-state index < -0.39 is 12.0 Å². The van der Waals surface area contributed by atoms with E-state index in [1.807, 2.05) is 42.5 Å². The summed E-state index contributed by atoms with van der Waals surface area (Å²) < 4.78 is 4.58. The molecule has 0 aliphatic carbocycles. The first-order chi connectivity index (χ1) is 9.61. The van der Waals surface area contributed by atoms with E-state index in [4.69, 9.17) is 0 Å². The van der Waals surface area contributed by atoms with E-state index in [1.54, 1.807) is 6.92 Å². The van der Waals surface area contributed by atoms with Crippen molar-refractivity contribution in [2.75, 3.05) is 7.11 Å². The molecule has 1 atom stereocenters. The zero-order valence-corrected chi connectivity index (χ0v) is 11.6. The van der Waals surface area contributed by atoms with Gasteiger partial charge in [0.15, 0.2) is 0 Å². The number of methoxy groups -OCH3 is 1. The highest BCUT2D eigenvalue weighted by Crippen LogP contribution is 2.18. The van der Waals surface area contributed by atoms with Crippen LogP contribution in [0.5, 0.6) is 0 Å². The molecule has 0 saturated carbocycles. The van der Waals surface area contributed by atoms with Gasteiger partial charge in [0, 0.05) is 0 Å². The van der Waals surface area contributed by atoms with E-state index in [0.29, 0.717) is 0 Å². The molecule has 0 spiro atoms. The number of nitrogens with one attached hydrogen (secondary N) is 1. The first kappa shape index (κ1) is 14.1. The van der Waals surface area contributed by atoms with Gasteiger partial charge in [0.2, 0.25) is 5.91 Å². The second kappa shape index (κ2) is 6.19. The van der Waals surface area contributed by atoms with Gasteiger partial charge in [-0.2, -0.15) is 0 Å². The molecule has 0 bridgehead atoms. The molecule has 104 valence electrons. The Morgan fingerprint density at radius 2 is 1.85 bits per heavy atom. The van der Waals surface area contributed by atoms with Crippen LogP contribution in [0, 0.1) is 0 Å². The Morgan fingerprint density at radius 1 is 1.15 bits per heavy atom. The van der Waals surface area contributed by atoms with Crippen molar-refractivity contribution in [2.45, 2.75) is 19.4 Å². The van der Waals surface area contributed by atoms with Gasteiger partial charge < -0.3 is 10.1 Å². The van der Waals surface area contributed by atoms with Crippen LogP contribution in [0.1, 0.15) is 12.5 Å². The molecule has 4 heteroatoms. The Labute approximate surface area is 117 Å². The van der Waals surface area contributed by atoms with E-state index >= 15 is 0 Å². The van der Waals surface area contributed by atoms with Crippen LogP contribution >= 0.6 is 0 Å². The third kappa shape index (κ3) is 3.15. The number of amides is 1. The monoisotopic (exact) mass is 271 g/mol. The maximum atomic E-state index is 12.0. The average molecular weight is 271 g/mol. The normalized spacial score (nSPS) is 11.9. The summed E-state index contributed by atoms with van der Waals surface area (Å²) >= 11 is 0. The average Bonchev–Trinajstić information content (AvgIpc) is 2.46. The fourth-order valence-corrected chi connectivity index (χ4v) is 2.15. The van der Waals surface area contributed by atoms with E-state index in [-0.39, 0.29) is 12.3 Å². The highest BCUT2D eigenvalue weighted by Gasteiger charge is 2.16. The molecule has 0 radical (unpaired) electrons. The molecule has 20 heavy (non-hydrogen) atoms. The molecule has 0 aliphatic heterocycles. The maximum absolute atomic E-state index is 12.0. The summed E-state index contributed by atoms with van der Waals surface area (Å²) in [5.41, 5.74) is 0.942. The van der Waals surface area contributed by atoms with Crippen molar-refractivity contribution in [1.82, 2.24) is 5.32 Å². The Balaban J connectivity index is 2.12. The second-order valence-electron chi connectivity index (χ2n) is 4.63. The number of carbonyl (C=O) groups is 2. The van der Waals surface area contributed by atoms with Crippen molar-refractivity contribution in [2.24, 2.45) is 0 Å². The Kier molecular flexibility index (Phi) is 4.35. The molecule has 0 heterocycles. The lowest BCUT2D eigenvalue weighted by Crippen LogP contribution is -2.39. The lowest BCUT2D eigenvalue weighted by molar-refractivity contribution is -0.144. The van der Waals surface area contributed by atoms with Crippen LogP contribution in [0.3, 0.4) is 0 Å². The summed E-state index contributed by atoms with van der Waals surface area (Å²) in [5, 5.41) is 4.78. The number of esters is 1. The van der Waals surface area contributed by atoms with Crippen molar-refractivity contribution >= 4 is 22.6 Å². The Hall–Kier alpha value is -2.36. The van der Waals surface area contributed by atoms with Gasteiger partial charge in [0.05, 0.1) is 13.5 Å². The zero-order chi connectivity index (χ0) is 14.5. The van der Waals surface area contributed by atoms with Crippen molar-refractivity contribution < 1.29 is 14.3 Å². The fourth-order valence-electron chi connectivity index (χ4n) is 2.15.